The van der Waals surface area contributed by atoms with Crippen molar-refractivity contribution in [1.29, 1.82) is 0 Å². The maximum Gasteiger partial charge on any atom is 0.183 e. The second kappa shape index (κ2) is 11.8. The van der Waals surface area contributed by atoms with Crippen LogP contribution in [0.3, 0.4) is 0 Å². The Morgan fingerprint density at radius 3 is 1.56 bits per heavy atom. The van der Waals surface area contributed by atoms with E-state index in [1.165, 1.54) is 49.6 Å². The Bertz CT molecular complexity index is 1450. The van der Waals surface area contributed by atoms with Crippen molar-refractivity contribution >= 4 is 33.4 Å². The number of rotatable bonds is 12. The zero-order valence-electron chi connectivity index (χ0n) is 23.1. The van der Waals surface area contributed by atoms with Gasteiger partial charge in [-0.15, -0.1) is 11.3 Å². The molecule has 0 radical (unpaired) electrons. The van der Waals surface area contributed by atoms with E-state index >= 15 is 0 Å². The second-order valence-electron chi connectivity index (χ2n) is 10.4. The number of hydrogen-bond acceptors (Lipinski definition) is 5. The molecule has 0 unspecified atom stereocenters. The summed E-state index contributed by atoms with van der Waals surface area (Å²) in [5.74, 6) is 3.57. The molecule has 0 bridgehead atoms. The van der Waals surface area contributed by atoms with E-state index in [0.29, 0.717) is 13.2 Å². The lowest BCUT2D eigenvalue weighted by Crippen LogP contribution is -2.15. The Kier molecular flexibility index (Phi) is 7.86. The number of fused-ring (bicyclic) bond motifs is 3. The minimum absolute atomic E-state index is 0.542. The number of aryl methyl sites for hydroxylation is 2. The van der Waals surface area contributed by atoms with Crippen molar-refractivity contribution in [3.05, 3.63) is 48.5 Å². The van der Waals surface area contributed by atoms with Gasteiger partial charge in [-0.25, -0.2) is 9.97 Å². The molecular formula is C32H38N4O2S. The Morgan fingerprint density at radius 2 is 1.10 bits per heavy atom. The zero-order chi connectivity index (χ0) is 26.6. The molecule has 0 saturated carbocycles. The molecule has 1 aliphatic heterocycles. The third-order valence-electron chi connectivity index (χ3n) is 7.58. The zero-order valence-corrected chi connectivity index (χ0v) is 23.9. The molecule has 204 valence electrons. The fourth-order valence-corrected chi connectivity index (χ4v) is 6.78. The SMILES string of the molecule is CCCCCCn1c(-c2sc(-c3nc4ccccc4n3CCCCCC)c3c2OCCO3)nc2ccccc21. The first-order valence-electron chi connectivity index (χ1n) is 14.6. The van der Waals surface area contributed by atoms with E-state index in [2.05, 4.69) is 71.5 Å². The van der Waals surface area contributed by atoms with Gasteiger partial charge in [-0.3, -0.25) is 0 Å². The molecule has 0 atom stereocenters. The van der Waals surface area contributed by atoms with Gasteiger partial charge in [0.15, 0.2) is 23.1 Å². The second-order valence-corrected chi connectivity index (χ2v) is 11.4. The summed E-state index contributed by atoms with van der Waals surface area (Å²) in [6, 6.07) is 16.9. The average molecular weight is 543 g/mol. The highest BCUT2D eigenvalue weighted by molar-refractivity contribution is 7.19. The lowest BCUT2D eigenvalue weighted by atomic mass is 10.2. The largest absolute Gasteiger partial charge is 0.484 e. The van der Waals surface area contributed by atoms with Crippen LogP contribution in [0, 0.1) is 0 Å². The topological polar surface area (TPSA) is 54.1 Å². The normalized spacial score (nSPS) is 13.1. The number of thiophene rings is 1. The molecule has 0 fully saturated rings. The molecule has 0 amide bonds. The molecule has 39 heavy (non-hydrogen) atoms. The minimum Gasteiger partial charge on any atom is -0.484 e. The molecule has 0 spiro atoms. The van der Waals surface area contributed by atoms with Crippen molar-refractivity contribution in [2.24, 2.45) is 0 Å². The van der Waals surface area contributed by atoms with Crippen LogP contribution < -0.4 is 9.47 Å². The predicted molar refractivity (Wildman–Crippen MR) is 161 cm³/mol. The molecule has 1 aliphatic rings. The first-order chi connectivity index (χ1) is 19.3. The van der Waals surface area contributed by atoms with Crippen LogP contribution in [-0.2, 0) is 13.1 Å². The van der Waals surface area contributed by atoms with Crippen molar-refractivity contribution in [1.82, 2.24) is 19.1 Å². The molecule has 0 N–H and O–H groups in total. The first kappa shape index (κ1) is 25.9. The molecule has 7 heteroatoms. The lowest BCUT2D eigenvalue weighted by Gasteiger charge is -2.18. The highest BCUT2D eigenvalue weighted by atomic mass is 32.1. The first-order valence-corrected chi connectivity index (χ1v) is 15.5. The van der Waals surface area contributed by atoms with Gasteiger partial charge in [0.05, 0.1) is 22.1 Å². The van der Waals surface area contributed by atoms with Crippen molar-refractivity contribution in [2.75, 3.05) is 13.2 Å². The summed E-state index contributed by atoms with van der Waals surface area (Å²) in [5, 5.41) is 0. The monoisotopic (exact) mass is 542 g/mol. The van der Waals surface area contributed by atoms with E-state index in [9.17, 15) is 0 Å². The van der Waals surface area contributed by atoms with Crippen molar-refractivity contribution in [3.8, 4) is 32.9 Å². The van der Waals surface area contributed by atoms with Gasteiger partial charge in [0, 0.05) is 13.1 Å². The molecule has 3 aromatic heterocycles. The van der Waals surface area contributed by atoms with Gasteiger partial charge < -0.3 is 18.6 Å². The standard InChI is InChI=1S/C32H38N4O2S/c1-3-5-7-13-19-35-25-17-11-9-15-23(25)33-31(35)29-27-28(38-22-21-37-27)30(39-29)32-34-24-16-10-12-18-26(24)36(32)20-14-8-6-4-2/h9-12,15-18H,3-8,13-14,19-22H2,1-2H3. The van der Waals surface area contributed by atoms with Crippen LogP contribution in [0.25, 0.3) is 43.5 Å². The Labute approximate surface area is 234 Å². The summed E-state index contributed by atoms with van der Waals surface area (Å²) < 4.78 is 17.4. The van der Waals surface area contributed by atoms with Gasteiger partial charge >= 0.3 is 0 Å². The number of benzene rings is 2. The third-order valence-corrected chi connectivity index (χ3v) is 8.73. The van der Waals surface area contributed by atoms with Gasteiger partial charge in [0.1, 0.15) is 23.0 Å². The summed E-state index contributed by atoms with van der Waals surface area (Å²) in [6.07, 6.45) is 9.67. The maximum absolute atomic E-state index is 6.33. The van der Waals surface area contributed by atoms with Gasteiger partial charge in [-0.05, 0) is 37.1 Å². The van der Waals surface area contributed by atoms with E-state index in [1.807, 2.05) is 0 Å². The molecule has 2 aromatic carbocycles. The fraction of sp³-hybridized carbons (Fsp3) is 0.438. The van der Waals surface area contributed by atoms with Gasteiger partial charge in [0.2, 0.25) is 0 Å². The highest BCUT2D eigenvalue weighted by Crippen LogP contribution is 2.53. The van der Waals surface area contributed by atoms with Crippen LogP contribution in [-0.4, -0.2) is 32.3 Å². The average Bonchev–Trinajstić information content (AvgIpc) is 3.65. The third kappa shape index (κ3) is 5.05. The van der Waals surface area contributed by atoms with Crippen molar-refractivity contribution in [2.45, 2.75) is 78.3 Å². The number of unbranched alkanes of at least 4 members (excludes halogenated alkanes) is 6. The van der Waals surface area contributed by atoms with Crippen LogP contribution in [0.2, 0.25) is 0 Å². The number of ether oxygens (including phenoxy) is 2. The van der Waals surface area contributed by atoms with Crippen LogP contribution in [0.4, 0.5) is 0 Å². The van der Waals surface area contributed by atoms with Gasteiger partial charge in [-0.2, -0.15) is 0 Å². The molecule has 0 saturated heterocycles. The number of aromatic nitrogens is 4. The summed E-state index contributed by atoms with van der Waals surface area (Å²) in [7, 11) is 0. The summed E-state index contributed by atoms with van der Waals surface area (Å²) in [5.41, 5.74) is 4.39. The van der Waals surface area contributed by atoms with Crippen LogP contribution >= 0.6 is 11.3 Å². The lowest BCUT2D eigenvalue weighted by molar-refractivity contribution is 0.174. The molecule has 5 aromatic rings. The van der Waals surface area contributed by atoms with E-state index in [4.69, 9.17) is 19.4 Å². The Morgan fingerprint density at radius 1 is 0.641 bits per heavy atom. The molecule has 0 aliphatic carbocycles. The van der Waals surface area contributed by atoms with E-state index in [1.54, 1.807) is 11.3 Å². The summed E-state index contributed by atoms with van der Waals surface area (Å²) in [6.45, 7) is 7.47. The fourth-order valence-electron chi connectivity index (χ4n) is 5.59. The number of nitrogens with zero attached hydrogens (tertiary/aromatic N) is 4. The van der Waals surface area contributed by atoms with E-state index in [-0.39, 0.29) is 0 Å². The molecule has 6 nitrogen and oxygen atoms in total. The Hall–Kier alpha value is -3.32. The Balaban J connectivity index is 1.48. The van der Waals surface area contributed by atoms with E-state index in [0.717, 1.165) is 69.9 Å². The highest BCUT2D eigenvalue weighted by Gasteiger charge is 2.31. The van der Waals surface area contributed by atoms with Crippen LogP contribution in [0.5, 0.6) is 11.5 Å². The van der Waals surface area contributed by atoms with Gasteiger partial charge in [-0.1, -0.05) is 76.6 Å². The number of para-hydroxylation sites is 4. The van der Waals surface area contributed by atoms with E-state index < -0.39 is 0 Å². The number of imidazole rings is 2. The maximum atomic E-state index is 6.33. The molecule has 6 rings (SSSR count). The summed E-state index contributed by atoms with van der Waals surface area (Å²) >= 11 is 1.71. The van der Waals surface area contributed by atoms with Crippen molar-refractivity contribution < 1.29 is 9.47 Å². The molecular weight excluding hydrogens is 504 g/mol. The number of hydrogen-bond donors (Lipinski definition) is 0. The predicted octanol–water partition coefficient (Wildman–Crippen LogP) is 8.71. The minimum atomic E-state index is 0.542. The molecule has 4 heterocycles. The summed E-state index contributed by atoms with van der Waals surface area (Å²) in [4.78, 5) is 12.4. The quantitative estimate of drug-likeness (QED) is 0.148. The van der Waals surface area contributed by atoms with Gasteiger partial charge in [0.25, 0.3) is 0 Å². The van der Waals surface area contributed by atoms with Crippen LogP contribution in [0.1, 0.15) is 65.2 Å². The van der Waals surface area contributed by atoms with Crippen LogP contribution in [0.15, 0.2) is 48.5 Å². The van der Waals surface area contributed by atoms with Crippen molar-refractivity contribution in [3.63, 3.8) is 0 Å². The smallest absolute Gasteiger partial charge is 0.183 e.